The summed E-state index contributed by atoms with van der Waals surface area (Å²) >= 11 is 0. The van der Waals surface area contributed by atoms with Crippen LogP contribution >= 0.6 is 0 Å². The lowest BCUT2D eigenvalue weighted by atomic mass is 10.1. The first-order valence-electron chi connectivity index (χ1n) is 5.08. The van der Waals surface area contributed by atoms with Crippen LogP contribution in [0.5, 0.6) is 5.75 Å². The summed E-state index contributed by atoms with van der Waals surface area (Å²) in [6.07, 6.45) is 0. The molecule has 13 heavy (non-hydrogen) atoms. The maximum absolute atomic E-state index is 7.79. The van der Waals surface area contributed by atoms with Crippen molar-refractivity contribution in [3.05, 3.63) is 18.2 Å². The van der Waals surface area contributed by atoms with E-state index in [1.165, 1.54) is 0 Å². The van der Waals surface area contributed by atoms with Gasteiger partial charge in [-0.2, -0.15) is 0 Å². The molecule has 2 aliphatic heterocycles. The molecule has 0 saturated carbocycles. The van der Waals surface area contributed by atoms with Crippen LogP contribution in [0.25, 0.3) is 0 Å². The number of nitrogens with one attached hydrogen (secondary N) is 1. The van der Waals surface area contributed by atoms with Gasteiger partial charge < -0.3 is 14.9 Å². The lowest BCUT2D eigenvalue weighted by molar-refractivity contribution is 0.307. The van der Waals surface area contributed by atoms with E-state index in [1.54, 1.807) is 5.31 Å². The van der Waals surface area contributed by atoms with Crippen LogP contribution < -0.4 is 14.9 Å². The van der Waals surface area contributed by atoms with Gasteiger partial charge in [-0.3, -0.25) is 0 Å². The lowest BCUT2D eigenvalue weighted by Gasteiger charge is -2.36. The molecule has 1 aromatic rings. The normalized spacial score (nSPS) is 20.5. The van der Waals surface area contributed by atoms with Gasteiger partial charge in [0, 0.05) is 13.1 Å². The zero-order valence-electron chi connectivity index (χ0n) is 8.36. The van der Waals surface area contributed by atoms with Gasteiger partial charge in [0.2, 0.25) is 0 Å². The van der Waals surface area contributed by atoms with Crippen LogP contribution in [0.1, 0.15) is 0 Å². The molecule has 0 atom stereocenters. The predicted octanol–water partition coefficient (Wildman–Crippen LogP) is 1.31. The third-order valence-electron chi connectivity index (χ3n) is 2.56. The first kappa shape index (κ1) is 6.13. The van der Waals surface area contributed by atoms with Gasteiger partial charge in [0.25, 0.3) is 0 Å². The molecule has 0 aromatic heterocycles. The number of rotatable bonds is 0. The minimum atomic E-state index is 0.758. The standard InChI is InChI=1S/C10H12N2O/c1-2-8-10-9(3-1)13-7-6-12(10)5-4-11-8/h1-3,11H,4-7H2/i/hD. The summed E-state index contributed by atoms with van der Waals surface area (Å²) in [4.78, 5) is 2.30. The van der Waals surface area contributed by atoms with Gasteiger partial charge in [-0.25, -0.2) is 0 Å². The Bertz CT molecular complexity index is 369. The van der Waals surface area contributed by atoms with E-state index in [-0.39, 0.29) is 0 Å². The van der Waals surface area contributed by atoms with Crippen LogP contribution in [-0.4, -0.2) is 26.2 Å². The molecule has 0 unspecified atom stereocenters. The van der Waals surface area contributed by atoms with E-state index in [1.807, 2.05) is 18.2 Å². The Balaban J connectivity index is 2.19. The summed E-state index contributed by atoms with van der Waals surface area (Å²) in [5.41, 5.74) is 2.06. The number of nitrogens with zero attached hydrogens (tertiary/aromatic N) is 1. The monoisotopic (exact) mass is 177 g/mol. The summed E-state index contributed by atoms with van der Waals surface area (Å²) < 4.78 is 13.4. The van der Waals surface area contributed by atoms with E-state index in [4.69, 9.17) is 6.15 Å². The largest absolute Gasteiger partial charge is 0.489 e. The van der Waals surface area contributed by atoms with E-state index >= 15 is 0 Å². The second kappa shape index (κ2) is 2.55. The summed E-state index contributed by atoms with van der Waals surface area (Å²) in [6, 6.07) is 5.90. The smallest absolute Gasteiger partial charge is 0.160 e. The van der Waals surface area contributed by atoms with Crippen LogP contribution in [-0.2, 0) is 0 Å². The molecule has 0 spiro atoms. The fraction of sp³-hybridized carbons (Fsp3) is 0.400. The van der Waals surface area contributed by atoms with Crippen molar-refractivity contribution < 1.29 is 6.15 Å². The van der Waals surface area contributed by atoms with E-state index < -0.39 is 0 Å². The van der Waals surface area contributed by atoms with Crippen molar-refractivity contribution in [1.29, 1.82) is 0 Å². The van der Waals surface area contributed by atoms with Gasteiger partial charge >= 0.3 is 0 Å². The van der Waals surface area contributed by atoms with Crippen molar-refractivity contribution >= 4 is 11.4 Å². The maximum Gasteiger partial charge on any atom is 0.160 e. The van der Waals surface area contributed by atoms with Gasteiger partial charge in [-0.05, 0) is 12.1 Å². The van der Waals surface area contributed by atoms with Gasteiger partial charge in [0.1, 0.15) is 18.0 Å². The zero-order valence-corrected chi connectivity index (χ0v) is 7.36. The molecule has 0 saturated heterocycles. The average molecular weight is 177 g/mol. The summed E-state index contributed by atoms with van der Waals surface area (Å²) in [6.45, 7) is 3.40. The lowest BCUT2D eigenvalue weighted by Crippen LogP contribution is -2.39. The Kier molecular flexibility index (Phi) is 1.20. The highest BCUT2D eigenvalue weighted by atomic mass is 16.5. The van der Waals surface area contributed by atoms with Crippen LogP contribution in [0.4, 0.5) is 11.4 Å². The van der Waals surface area contributed by atoms with Gasteiger partial charge in [0.05, 0.1) is 12.2 Å². The van der Waals surface area contributed by atoms with E-state index in [0.29, 0.717) is 0 Å². The second-order valence-corrected chi connectivity index (χ2v) is 3.34. The van der Waals surface area contributed by atoms with Crippen LogP contribution in [0, 0.1) is 0 Å². The summed E-state index contributed by atoms with van der Waals surface area (Å²) in [7, 11) is 0. The van der Waals surface area contributed by atoms with Crippen molar-refractivity contribution in [3.63, 3.8) is 0 Å². The Morgan fingerprint density at radius 2 is 2.46 bits per heavy atom. The molecule has 68 valence electrons. The number of benzene rings is 1. The fourth-order valence-electron chi connectivity index (χ4n) is 1.97. The third-order valence-corrected chi connectivity index (χ3v) is 2.56. The van der Waals surface area contributed by atoms with Gasteiger partial charge in [-0.1, -0.05) is 6.07 Å². The van der Waals surface area contributed by atoms with E-state index in [9.17, 15) is 0 Å². The molecule has 1 N–H and O–H groups in total. The first-order valence-corrected chi connectivity index (χ1v) is 4.63. The highest BCUT2D eigenvalue weighted by Gasteiger charge is 2.23. The van der Waals surface area contributed by atoms with Crippen molar-refractivity contribution in [2.24, 2.45) is 0 Å². The molecule has 3 rings (SSSR count). The molecule has 0 radical (unpaired) electrons. The highest BCUT2D eigenvalue weighted by molar-refractivity contribution is 5.79. The topological polar surface area (TPSA) is 24.5 Å². The molecule has 2 aliphatic rings. The average Bonchev–Trinajstić information content (AvgIpc) is 2.24. The Morgan fingerprint density at radius 1 is 1.46 bits per heavy atom. The molecule has 1 aromatic carbocycles. The number of hydrogen-bond donors (Lipinski definition) is 1. The molecule has 0 amide bonds. The van der Waals surface area contributed by atoms with E-state index in [0.717, 1.165) is 43.4 Å². The number of hydrogen-bond acceptors (Lipinski definition) is 3. The van der Waals surface area contributed by atoms with Crippen molar-refractivity contribution in [3.8, 4) is 5.75 Å². The van der Waals surface area contributed by atoms with E-state index in [2.05, 4.69) is 4.90 Å². The van der Waals surface area contributed by atoms with Crippen molar-refractivity contribution in [1.82, 2.24) is 0 Å². The van der Waals surface area contributed by atoms with Crippen molar-refractivity contribution in [2.45, 2.75) is 0 Å². The Labute approximate surface area is 78.8 Å². The fourth-order valence-corrected chi connectivity index (χ4v) is 1.97. The van der Waals surface area contributed by atoms with Crippen LogP contribution in [0.2, 0.25) is 1.41 Å². The zero-order chi connectivity index (χ0) is 9.54. The van der Waals surface area contributed by atoms with Gasteiger partial charge in [-0.15, -0.1) is 0 Å². The minimum absolute atomic E-state index is 0.758. The Morgan fingerprint density at radius 3 is 3.46 bits per heavy atom. The molecule has 0 fully saturated rings. The number of ether oxygens (including phenoxy) is 1. The predicted molar refractivity (Wildman–Crippen MR) is 52.6 cm³/mol. The van der Waals surface area contributed by atoms with Gasteiger partial charge in [0.15, 0.2) is 1.41 Å². The quantitative estimate of drug-likeness (QED) is 0.646. The Hall–Kier alpha value is -1.38. The van der Waals surface area contributed by atoms with Crippen LogP contribution in [0.3, 0.4) is 0 Å². The molecular formula is C10H12N2O. The molecule has 0 aliphatic carbocycles. The van der Waals surface area contributed by atoms with Crippen molar-refractivity contribution in [2.75, 3.05) is 36.5 Å². The molecule has 0 bridgehead atoms. The second-order valence-electron chi connectivity index (χ2n) is 3.34. The molecular weight excluding hydrogens is 164 g/mol. The third kappa shape index (κ3) is 0.963. The van der Waals surface area contributed by atoms with Crippen LogP contribution in [0.15, 0.2) is 18.2 Å². The summed E-state index contributed by atoms with van der Waals surface area (Å²) in [5.74, 6) is 0.922. The molecule has 3 nitrogen and oxygen atoms in total. The molecule has 2 heterocycles. The summed E-state index contributed by atoms with van der Waals surface area (Å²) in [5, 5.41) is 1.55. The minimum Gasteiger partial charge on any atom is -0.489 e. The molecule has 3 heteroatoms. The first-order chi connectivity index (χ1) is 6.86. The number of para-hydroxylation sites is 1. The SMILES string of the molecule is [2H]N1CCN2CCOc3cccc1c32. The highest BCUT2D eigenvalue weighted by Crippen LogP contribution is 2.39. The number of anilines is 2. The maximum atomic E-state index is 7.79.